The van der Waals surface area contributed by atoms with Crippen molar-refractivity contribution in [2.45, 2.75) is 37.5 Å². The molecule has 0 saturated heterocycles. The summed E-state index contributed by atoms with van der Waals surface area (Å²) < 4.78 is 8.92. The first-order chi connectivity index (χ1) is 23.7. The molecule has 0 N–H and O–H groups in total. The molecule has 0 bridgehead atoms. The highest BCUT2D eigenvalue weighted by Gasteiger charge is 2.36. The van der Waals surface area contributed by atoms with Crippen LogP contribution in [0.1, 0.15) is 43.2 Å². The van der Waals surface area contributed by atoms with Gasteiger partial charge in [0.1, 0.15) is 17.3 Å². The molecule has 2 aromatic heterocycles. The fraction of sp³-hybridized carbons (Fsp3) is 0.186. The van der Waals surface area contributed by atoms with E-state index in [1.54, 1.807) is 0 Å². The summed E-state index contributed by atoms with van der Waals surface area (Å²) in [5, 5.41) is 2.39. The highest BCUT2D eigenvalue weighted by molar-refractivity contribution is 6.09. The molecule has 236 valence electrons. The van der Waals surface area contributed by atoms with Crippen LogP contribution >= 0.6 is 0 Å². The molecule has 0 amide bonds. The molecule has 5 heteroatoms. The molecule has 7 aromatic rings. The van der Waals surface area contributed by atoms with Crippen molar-refractivity contribution in [2.24, 2.45) is 0 Å². The number of pyridine rings is 1. The molecular formula is C43H38N4O. The van der Waals surface area contributed by atoms with Gasteiger partial charge in [-0.05, 0) is 78.6 Å². The van der Waals surface area contributed by atoms with Crippen molar-refractivity contribution in [3.63, 3.8) is 0 Å². The maximum atomic E-state index is 6.61. The van der Waals surface area contributed by atoms with Crippen LogP contribution in [-0.2, 0) is 5.41 Å². The van der Waals surface area contributed by atoms with Gasteiger partial charge in [-0.15, -0.1) is 0 Å². The molecule has 1 aliphatic heterocycles. The summed E-state index contributed by atoms with van der Waals surface area (Å²) in [6, 6.07) is 47.7. The largest absolute Gasteiger partial charge is 0.457 e. The van der Waals surface area contributed by atoms with Crippen molar-refractivity contribution in [1.29, 1.82) is 0 Å². The van der Waals surface area contributed by atoms with E-state index in [2.05, 4.69) is 149 Å². The zero-order valence-corrected chi connectivity index (χ0v) is 27.2. The fourth-order valence-corrected chi connectivity index (χ4v) is 8.21. The van der Waals surface area contributed by atoms with E-state index < -0.39 is 0 Å². The molecule has 1 fully saturated rings. The van der Waals surface area contributed by atoms with Crippen molar-refractivity contribution >= 4 is 38.9 Å². The molecule has 0 unspecified atom stereocenters. The van der Waals surface area contributed by atoms with Crippen LogP contribution in [-0.4, -0.2) is 23.3 Å². The Morgan fingerprint density at radius 2 is 1.35 bits per heavy atom. The first kappa shape index (κ1) is 28.7. The van der Waals surface area contributed by atoms with Crippen molar-refractivity contribution in [2.75, 3.05) is 23.5 Å². The first-order valence-electron chi connectivity index (χ1n) is 17.1. The van der Waals surface area contributed by atoms with E-state index in [1.165, 1.54) is 52.5 Å². The van der Waals surface area contributed by atoms with Gasteiger partial charge in [0.2, 0.25) is 0 Å². The number of fused-ring (bicyclic) bond motifs is 4. The number of ether oxygens (including phenoxy) is 1. The minimum atomic E-state index is -0.0000891. The van der Waals surface area contributed by atoms with E-state index in [0.717, 1.165) is 53.5 Å². The average Bonchev–Trinajstić information content (AvgIpc) is 3.67. The maximum absolute atomic E-state index is 6.61. The number of benzene rings is 5. The molecule has 5 nitrogen and oxygen atoms in total. The van der Waals surface area contributed by atoms with E-state index >= 15 is 0 Å². The van der Waals surface area contributed by atoms with E-state index in [-0.39, 0.29) is 5.41 Å². The normalized spacial score (nSPS) is 15.6. The van der Waals surface area contributed by atoms with E-state index in [1.807, 2.05) is 12.3 Å². The predicted molar refractivity (Wildman–Crippen MR) is 197 cm³/mol. The Labute approximate surface area is 281 Å². The highest BCUT2D eigenvalue weighted by Crippen LogP contribution is 2.46. The molecular weight excluding hydrogens is 589 g/mol. The van der Waals surface area contributed by atoms with Gasteiger partial charge in [0, 0.05) is 47.3 Å². The Morgan fingerprint density at radius 3 is 2.23 bits per heavy atom. The fourth-order valence-electron chi connectivity index (χ4n) is 8.21. The lowest BCUT2D eigenvalue weighted by Crippen LogP contribution is -2.30. The highest BCUT2D eigenvalue weighted by atomic mass is 16.5. The molecule has 48 heavy (non-hydrogen) atoms. The molecule has 3 heterocycles. The average molecular weight is 627 g/mol. The summed E-state index contributed by atoms with van der Waals surface area (Å²) in [5.41, 5.74) is 8.54. The van der Waals surface area contributed by atoms with Gasteiger partial charge in [0.25, 0.3) is 0 Å². The Hall–Kier alpha value is -5.55. The van der Waals surface area contributed by atoms with Gasteiger partial charge in [-0.2, -0.15) is 0 Å². The number of hydrogen-bond acceptors (Lipinski definition) is 4. The monoisotopic (exact) mass is 626 g/mol. The van der Waals surface area contributed by atoms with Crippen molar-refractivity contribution in [3.05, 3.63) is 151 Å². The maximum Gasteiger partial charge on any atom is 0.137 e. The smallest absolute Gasteiger partial charge is 0.137 e. The summed E-state index contributed by atoms with van der Waals surface area (Å²) in [4.78, 5) is 9.61. The third kappa shape index (κ3) is 4.72. The summed E-state index contributed by atoms with van der Waals surface area (Å²) in [5.74, 6) is 2.55. The summed E-state index contributed by atoms with van der Waals surface area (Å²) in [7, 11) is 2.13. The van der Waals surface area contributed by atoms with Gasteiger partial charge >= 0.3 is 0 Å². The lowest BCUT2D eigenvalue weighted by atomic mass is 9.65. The lowest BCUT2D eigenvalue weighted by molar-refractivity contribution is 0.345. The number of rotatable bonds is 6. The Morgan fingerprint density at radius 1 is 0.604 bits per heavy atom. The second-order valence-electron chi connectivity index (χ2n) is 13.3. The molecule has 2 aliphatic rings. The molecule has 0 radical (unpaired) electrons. The standard InChI is InChI=1S/C43H38N4O/c1-45-30-46(40-20-9-8-19-39(40)45)33-15-12-16-34(28-33)48-35-21-22-37-36-17-6-7-18-38(36)47(41(37)29-35)42-27-32(23-26-44-42)43(24-10-3-11-25-43)31-13-4-2-5-14-31/h2,4-9,12-23,26-29H,3,10-11,24-25,30H2,1H3. The number of anilines is 3. The number of hydrogen-bond donors (Lipinski definition) is 0. The summed E-state index contributed by atoms with van der Waals surface area (Å²) >= 11 is 0. The Bertz CT molecular complexity index is 2270. The van der Waals surface area contributed by atoms with Crippen molar-refractivity contribution in [3.8, 4) is 17.3 Å². The molecule has 9 rings (SSSR count). The Balaban J connectivity index is 1.12. The minimum Gasteiger partial charge on any atom is -0.457 e. The third-order valence-electron chi connectivity index (χ3n) is 10.5. The van der Waals surface area contributed by atoms with Gasteiger partial charge in [-0.3, -0.25) is 4.57 Å². The number of para-hydroxylation sites is 3. The number of nitrogens with zero attached hydrogens (tertiary/aromatic N) is 4. The van der Waals surface area contributed by atoms with Crippen LogP contribution in [0.25, 0.3) is 27.6 Å². The van der Waals surface area contributed by atoms with Crippen molar-refractivity contribution < 1.29 is 4.74 Å². The van der Waals surface area contributed by atoms with Gasteiger partial charge in [0.05, 0.1) is 29.1 Å². The van der Waals surface area contributed by atoms with Crippen LogP contribution in [0.5, 0.6) is 11.5 Å². The van der Waals surface area contributed by atoms with E-state index in [9.17, 15) is 0 Å². The quantitative estimate of drug-likeness (QED) is 0.184. The second kappa shape index (κ2) is 11.6. The molecule has 1 saturated carbocycles. The van der Waals surface area contributed by atoms with Gasteiger partial charge in [0.15, 0.2) is 0 Å². The van der Waals surface area contributed by atoms with E-state index in [0.29, 0.717) is 0 Å². The zero-order chi connectivity index (χ0) is 32.1. The predicted octanol–water partition coefficient (Wildman–Crippen LogP) is 10.8. The van der Waals surface area contributed by atoms with Crippen LogP contribution in [0.2, 0.25) is 0 Å². The van der Waals surface area contributed by atoms with Gasteiger partial charge in [-0.1, -0.05) is 86.0 Å². The number of aromatic nitrogens is 2. The van der Waals surface area contributed by atoms with Crippen LogP contribution in [0.4, 0.5) is 17.1 Å². The van der Waals surface area contributed by atoms with Crippen LogP contribution in [0, 0.1) is 0 Å². The molecule has 5 aromatic carbocycles. The van der Waals surface area contributed by atoms with Crippen LogP contribution < -0.4 is 14.5 Å². The lowest BCUT2D eigenvalue weighted by Gasteiger charge is -2.38. The van der Waals surface area contributed by atoms with Gasteiger partial charge < -0.3 is 14.5 Å². The summed E-state index contributed by atoms with van der Waals surface area (Å²) in [6.07, 6.45) is 8.10. The zero-order valence-electron chi connectivity index (χ0n) is 27.2. The first-order valence-corrected chi connectivity index (χ1v) is 17.1. The molecule has 0 atom stereocenters. The minimum absolute atomic E-state index is 0.0000891. The Kier molecular flexibility index (Phi) is 6.93. The molecule has 0 spiro atoms. The third-order valence-corrected chi connectivity index (χ3v) is 10.5. The van der Waals surface area contributed by atoms with Crippen molar-refractivity contribution in [1.82, 2.24) is 9.55 Å². The van der Waals surface area contributed by atoms with Crippen LogP contribution in [0.15, 0.2) is 140 Å². The van der Waals surface area contributed by atoms with Gasteiger partial charge in [-0.25, -0.2) is 4.98 Å². The summed E-state index contributed by atoms with van der Waals surface area (Å²) in [6.45, 7) is 0.798. The van der Waals surface area contributed by atoms with E-state index in [4.69, 9.17) is 9.72 Å². The van der Waals surface area contributed by atoms with Crippen LogP contribution in [0.3, 0.4) is 0 Å². The molecule has 1 aliphatic carbocycles. The second-order valence-corrected chi connectivity index (χ2v) is 13.3. The topological polar surface area (TPSA) is 33.5 Å². The SMILES string of the molecule is CN1CN(c2cccc(Oc3ccc4c5ccccc5n(-c5cc(C6(c7ccccc7)CCCCC6)ccn5)c4c3)c2)c2ccccc21.